The highest BCUT2D eigenvalue weighted by molar-refractivity contribution is 6.09. The van der Waals surface area contributed by atoms with Crippen molar-refractivity contribution < 1.29 is 9.18 Å². The van der Waals surface area contributed by atoms with Crippen LogP contribution in [0.5, 0.6) is 0 Å². The largest absolute Gasteiger partial charge is 0.383 e. The molecule has 1 atom stereocenters. The van der Waals surface area contributed by atoms with Crippen molar-refractivity contribution in [2.75, 3.05) is 11.1 Å². The molecule has 174 valence electrons. The van der Waals surface area contributed by atoms with E-state index in [-0.39, 0.29) is 17.5 Å². The van der Waals surface area contributed by atoms with Crippen LogP contribution in [0.25, 0.3) is 17.2 Å². The van der Waals surface area contributed by atoms with Gasteiger partial charge in [0.05, 0.1) is 11.3 Å². The number of nitrogens with two attached hydrogens (primary N) is 1. The smallest absolute Gasteiger partial charge is 0.240 e. The molecule has 0 fully saturated rings. The second-order valence-corrected chi connectivity index (χ2v) is 8.86. The molecule has 3 N–H and O–H groups in total. The van der Waals surface area contributed by atoms with Gasteiger partial charge >= 0.3 is 0 Å². The average molecular weight is 460 g/mol. The van der Waals surface area contributed by atoms with E-state index in [1.807, 2.05) is 16.8 Å². The summed E-state index contributed by atoms with van der Waals surface area (Å²) < 4.78 is 15.4. The van der Waals surface area contributed by atoms with E-state index in [4.69, 9.17) is 10.7 Å². The van der Waals surface area contributed by atoms with Gasteiger partial charge in [-0.25, -0.2) is 24.3 Å². The van der Waals surface area contributed by atoms with Crippen LogP contribution in [-0.4, -0.2) is 30.2 Å². The maximum absolute atomic E-state index is 13.5. The zero-order valence-corrected chi connectivity index (χ0v) is 19.3. The molecular weight excluding hydrogens is 433 g/mol. The summed E-state index contributed by atoms with van der Waals surface area (Å²) in [5.41, 5.74) is 8.59. The number of anilines is 2. The number of benzene rings is 1. The Hall–Kier alpha value is -3.88. The minimum Gasteiger partial charge on any atom is -0.383 e. The molecule has 34 heavy (non-hydrogen) atoms. The molecule has 0 saturated heterocycles. The van der Waals surface area contributed by atoms with Gasteiger partial charge in [-0.05, 0) is 37.0 Å². The van der Waals surface area contributed by atoms with Gasteiger partial charge < -0.3 is 15.5 Å². The topological polar surface area (TPSA) is 111 Å². The minimum absolute atomic E-state index is 0.180. The fourth-order valence-electron chi connectivity index (χ4n) is 4.67. The molecular formula is C25H26FN7O. The maximum Gasteiger partial charge on any atom is 0.240 e. The molecule has 5 rings (SSSR count). The van der Waals surface area contributed by atoms with E-state index in [0.717, 1.165) is 30.6 Å². The normalized spacial score (nSPS) is 17.4. The van der Waals surface area contributed by atoms with Crippen LogP contribution < -0.4 is 11.1 Å². The lowest BCUT2D eigenvalue weighted by Gasteiger charge is -2.23. The van der Waals surface area contributed by atoms with E-state index in [2.05, 4.69) is 34.1 Å². The summed E-state index contributed by atoms with van der Waals surface area (Å²) in [6.07, 6.45) is 8.30. The second-order valence-electron chi connectivity index (χ2n) is 8.86. The first-order valence-corrected chi connectivity index (χ1v) is 11.4. The fraction of sp³-hybridized carbons (Fsp3) is 0.320. The highest BCUT2D eigenvalue weighted by Gasteiger charge is 2.47. The van der Waals surface area contributed by atoms with Gasteiger partial charge in [0.15, 0.2) is 11.5 Å². The molecule has 0 aliphatic carbocycles. The molecule has 1 amide bonds. The predicted molar refractivity (Wildman–Crippen MR) is 128 cm³/mol. The third-order valence-electron chi connectivity index (χ3n) is 6.85. The van der Waals surface area contributed by atoms with Crippen molar-refractivity contribution in [2.24, 2.45) is 5.92 Å². The Labute approximate surface area is 196 Å². The number of amides is 1. The zero-order valence-electron chi connectivity index (χ0n) is 19.3. The Morgan fingerprint density at radius 3 is 2.59 bits per heavy atom. The van der Waals surface area contributed by atoms with Crippen LogP contribution in [0.2, 0.25) is 0 Å². The van der Waals surface area contributed by atoms with E-state index >= 15 is 0 Å². The number of hydrogen-bond acceptors (Lipinski definition) is 6. The van der Waals surface area contributed by atoms with Gasteiger partial charge in [0.1, 0.15) is 28.6 Å². The van der Waals surface area contributed by atoms with Crippen molar-refractivity contribution >= 4 is 23.2 Å². The van der Waals surface area contributed by atoms with E-state index in [1.165, 1.54) is 12.1 Å². The van der Waals surface area contributed by atoms with Gasteiger partial charge in [0.25, 0.3) is 0 Å². The maximum atomic E-state index is 13.5. The molecule has 9 heteroatoms. The van der Waals surface area contributed by atoms with Crippen molar-refractivity contribution in [2.45, 2.75) is 45.4 Å². The minimum atomic E-state index is -1.13. The molecule has 1 aromatic carbocycles. The van der Waals surface area contributed by atoms with E-state index < -0.39 is 5.41 Å². The Bertz CT molecular complexity index is 1390. The number of aromatic nitrogens is 5. The summed E-state index contributed by atoms with van der Waals surface area (Å²) in [4.78, 5) is 31.6. The fourth-order valence-corrected chi connectivity index (χ4v) is 4.67. The number of halogens is 1. The summed E-state index contributed by atoms with van der Waals surface area (Å²) in [6.45, 7) is 6.09. The highest BCUT2D eigenvalue weighted by atomic mass is 19.1. The predicted octanol–water partition coefficient (Wildman–Crippen LogP) is 4.14. The van der Waals surface area contributed by atoms with Crippen LogP contribution in [0.1, 0.15) is 50.4 Å². The lowest BCUT2D eigenvalue weighted by Crippen LogP contribution is -2.33. The molecule has 4 heterocycles. The van der Waals surface area contributed by atoms with Gasteiger partial charge in [-0.15, -0.1) is 0 Å². The van der Waals surface area contributed by atoms with Crippen LogP contribution in [0, 0.1) is 11.7 Å². The Balaban J connectivity index is 1.62. The van der Waals surface area contributed by atoms with Crippen molar-refractivity contribution in [1.82, 2.24) is 24.3 Å². The summed E-state index contributed by atoms with van der Waals surface area (Å²) in [5.74, 6) is 0.661. The lowest BCUT2D eigenvalue weighted by molar-refractivity contribution is -0.119. The van der Waals surface area contributed by atoms with Crippen molar-refractivity contribution in [3.8, 4) is 11.5 Å². The third kappa shape index (κ3) is 3.39. The Morgan fingerprint density at radius 2 is 1.88 bits per heavy atom. The van der Waals surface area contributed by atoms with Crippen molar-refractivity contribution in [3.05, 3.63) is 65.5 Å². The van der Waals surface area contributed by atoms with Crippen molar-refractivity contribution in [3.63, 3.8) is 0 Å². The SMILES string of the molecule is CCC(CC)Cc1nc(-c2nc(N)c3c(n2)NC(=O)C3(C)c2ccc(F)cc2)cn2ccnc12. The average Bonchev–Trinajstić information content (AvgIpc) is 3.40. The highest BCUT2D eigenvalue weighted by Crippen LogP contribution is 2.44. The molecule has 0 saturated carbocycles. The van der Waals surface area contributed by atoms with Gasteiger partial charge in [0.2, 0.25) is 5.91 Å². The number of carbonyl (C=O) groups is 1. The third-order valence-corrected chi connectivity index (χ3v) is 6.85. The summed E-state index contributed by atoms with van der Waals surface area (Å²) in [7, 11) is 0. The molecule has 3 aromatic heterocycles. The number of nitrogen functional groups attached to an aromatic ring is 1. The van der Waals surface area contributed by atoms with E-state index in [9.17, 15) is 9.18 Å². The molecule has 0 bridgehead atoms. The van der Waals surface area contributed by atoms with Crippen LogP contribution in [0.4, 0.5) is 16.0 Å². The van der Waals surface area contributed by atoms with Gasteiger partial charge in [0, 0.05) is 18.6 Å². The molecule has 1 unspecified atom stereocenters. The van der Waals surface area contributed by atoms with Gasteiger partial charge in [-0.1, -0.05) is 38.8 Å². The number of fused-ring (bicyclic) bond motifs is 2. The first-order chi connectivity index (χ1) is 16.3. The first-order valence-electron chi connectivity index (χ1n) is 11.4. The molecule has 0 spiro atoms. The first kappa shape index (κ1) is 21.9. The molecule has 1 aliphatic heterocycles. The summed E-state index contributed by atoms with van der Waals surface area (Å²) >= 11 is 0. The molecule has 4 aromatic rings. The number of nitrogens with zero attached hydrogens (tertiary/aromatic N) is 5. The number of hydrogen-bond donors (Lipinski definition) is 2. The van der Waals surface area contributed by atoms with Crippen LogP contribution in [0.3, 0.4) is 0 Å². The molecule has 0 radical (unpaired) electrons. The van der Waals surface area contributed by atoms with E-state index in [0.29, 0.717) is 34.4 Å². The summed E-state index contributed by atoms with van der Waals surface area (Å²) in [5, 5.41) is 2.84. The number of imidazole rings is 1. The monoisotopic (exact) mass is 459 g/mol. The van der Waals surface area contributed by atoms with Crippen LogP contribution >= 0.6 is 0 Å². The zero-order chi connectivity index (χ0) is 24.0. The standard InChI is InChI=1S/C25H26FN7O/c1-4-14(5-2)12-17-23-28-10-11-33(23)13-18(29-17)21-30-20(27)19-22(31-21)32-24(34)25(19,3)15-6-8-16(26)9-7-15/h6-11,13-14H,4-5,12H2,1-3H3,(H3,27,30,31,32,34). The molecule has 8 nitrogen and oxygen atoms in total. The Morgan fingerprint density at radius 1 is 1.15 bits per heavy atom. The number of nitrogens with one attached hydrogen (secondary N) is 1. The van der Waals surface area contributed by atoms with Gasteiger partial charge in [-0.3, -0.25) is 4.79 Å². The Kier molecular flexibility index (Phi) is 5.27. The van der Waals surface area contributed by atoms with E-state index in [1.54, 1.807) is 25.3 Å². The van der Waals surface area contributed by atoms with Crippen molar-refractivity contribution in [1.29, 1.82) is 0 Å². The lowest BCUT2D eigenvalue weighted by atomic mass is 9.78. The number of rotatable bonds is 6. The van der Waals surface area contributed by atoms with Gasteiger partial charge in [-0.2, -0.15) is 0 Å². The summed E-state index contributed by atoms with van der Waals surface area (Å²) in [6, 6.07) is 5.80. The number of carbonyl (C=O) groups excluding carboxylic acids is 1. The second kappa shape index (κ2) is 8.16. The van der Waals surface area contributed by atoms with Crippen LogP contribution in [0.15, 0.2) is 42.9 Å². The van der Waals surface area contributed by atoms with Crippen LogP contribution in [-0.2, 0) is 16.6 Å². The molecule has 1 aliphatic rings. The quantitative estimate of drug-likeness (QED) is 0.448.